The SMILES string of the molecule is O=C(O)COc1nc(Cl)c(Cl)cc1Cl.[NaH]. The molecule has 1 N–H and O–H groups in total. The van der Waals surface area contributed by atoms with E-state index in [-0.39, 0.29) is 50.6 Å². The van der Waals surface area contributed by atoms with Gasteiger partial charge in [0, 0.05) is 0 Å². The van der Waals surface area contributed by atoms with Gasteiger partial charge in [0.05, 0.1) is 5.02 Å². The molecule has 0 aliphatic heterocycles. The molecule has 4 nitrogen and oxygen atoms in total. The van der Waals surface area contributed by atoms with Crippen molar-refractivity contribution in [2.45, 2.75) is 0 Å². The van der Waals surface area contributed by atoms with Gasteiger partial charge in [0.1, 0.15) is 5.02 Å². The normalized spacial score (nSPS) is 9.27. The van der Waals surface area contributed by atoms with E-state index in [4.69, 9.17) is 44.6 Å². The number of carboxylic acid groups (broad SMARTS) is 1. The fourth-order valence-corrected chi connectivity index (χ4v) is 1.20. The third-order valence-corrected chi connectivity index (χ3v) is 2.13. The molecule has 0 saturated carbocycles. The van der Waals surface area contributed by atoms with Crippen molar-refractivity contribution in [3.05, 3.63) is 21.3 Å². The first-order chi connectivity index (χ1) is 6.50. The number of rotatable bonds is 3. The standard InChI is InChI=1S/C7H4Cl3NO3.Na.H/c8-3-1-4(9)7(11-6(3)10)14-2-5(12)13;;/h1H,2H2,(H,12,13);;. The van der Waals surface area contributed by atoms with Crippen molar-refractivity contribution in [1.29, 1.82) is 0 Å². The van der Waals surface area contributed by atoms with Gasteiger partial charge in [-0.05, 0) is 6.07 Å². The number of aromatic nitrogens is 1. The number of halogens is 3. The molecule has 1 aromatic heterocycles. The van der Waals surface area contributed by atoms with Crippen LogP contribution >= 0.6 is 34.8 Å². The van der Waals surface area contributed by atoms with Crippen LogP contribution in [0.1, 0.15) is 0 Å². The number of hydrogen-bond donors (Lipinski definition) is 1. The predicted octanol–water partition coefficient (Wildman–Crippen LogP) is 1.86. The molecule has 0 unspecified atom stereocenters. The van der Waals surface area contributed by atoms with Crippen LogP contribution in [0.4, 0.5) is 0 Å². The Morgan fingerprint density at radius 2 is 2.00 bits per heavy atom. The molecule has 78 valence electrons. The van der Waals surface area contributed by atoms with E-state index in [0.717, 1.165) is 0 Å². The molecule has 0 bridgehead atoms. The number of ether oxygens (including phenoxy) is 1. The zero-order valence-corrected chi connectivity index (χ0v) is 8.90. The zero-order valence-electron chi connectivity index (χ0n) is 6.63. The molecule has 0 aliphatic carbocycles. The second-order valence-corrected chi connectivity index (χ2v) is 3.40. The van der Waals surface area contributed by atoms with Crippen molar-refractivity contribution in [2.24, 2.45) is 0 Å². The summed E-state index contributed by atoms with van der Waals surface area (Å²) in [5.41, 5.74) is 0. The molecule has 0 amide bonds. The first-order valence-corrected chi connectivity index (χ1v) is 4.50. The fraction of sp³-hybridized carbons (Fsp3) is 0.143. The van der Waals surface area contributed by atoms with Crippen molar-refractivity contribution < 1.29 is 14.6 Å². The Balaban J connectivity index is 0.00000196. The molecule has 0 spiro atoms. The van der Waals surface area contributed by atoms with E-state index in [0.29, 0.717) is 0 Å². The van der Waals surface area contributed by atoms with E-state index in [2.05, 4.69) is 4.98 Å². The maximum atomic E-state index is 10.2. The second kappa shape index (κ2) is 6.78. The molecule has 1 aromatic rings. The summed E-state index contributed by atoms with van der Waals surface area (Å²) in [5.74, 6) is -1.18. The van der Waals surface area contributed by atoms with E-state index < -0.39 is 12.6 Å². The molecular formula is C7H5Cl3NNaO3. The van der Waals surface area contributed by atoms with E-state index in [1.165, 1.54) is 6.07 Å². The molecule has 0 radical (unpaired) electrons. The minimum absolute atomic E-state index is 0. The van der Waals surface area contributed by atoms with Gasteiger partial charge in [-0.25, -0.2) is 4.79 Å². The third-order valence-electron chi connectivity index (χ3n) is 1.19. The summed E-state index contributed by atoms with van der Waals surface area (Å²) >= 11 is 16.8. The van der Waals surface area contributed by atoms with Crippen molar-refractivity contribution in [1.82, 2.24) is 4.98 Å². The Hall–Kier alpha value is 0.290. The summed E-state index contributed by atoms with van der Waals surface area (Å²) < 4.78 is 4.75. The number of nitrogens with zero attached hydrogens (tertiary/aromatic N) is 1. The molecule has 0 aliphatic rings. The molecule has 15 heavy (non-hydrogen) atoms. The van der Waals surface area contributed by atoms with Crippen LogP contribution < -0.4 is 4.74 Å². The van der Waals surface area contributed by atoms with Crippen LogP contribution in [-0.4, -0.2) is 52.2 Å². The average molecular weight is 280 g/mol. The van der Waals surface area contributed by atoms with E-state index in [9.17, 15) is 4.79 Å². The van der Waals surface area contributed by atoms with Crippen LogP contribution in [0.2, 0.25) is 15.2 Å². The Kier molecular flexibility index (Phi) is 6.91. The summed E-state index contributed by atoms with van der Waals surface area (Å²) in [6, 6.07) is 1.33. The molecule has 0 saturated heterocycles. The number of aliphatic carboxylic acids is 1. The van der Waals surface area contributed by atoms with Crippen LogP contribution in [0.3, 0.4) is 0 Å². The van der Waals surface area contributed by atoms with Gasteiger partial charge in [0.15, 0.2) is 11.8 Å². The van der Waals surface area contributed by atoms with Gasteiger partial charge in [0.2, 0.25) is 5.88 Å². The van der Waals surface area contributed by atoms with Crippen molar-refractivity contribution in [3.8, 4) is 5.88 Å². The first-order valence-electron chi connectivity index (χ1n) is 3.37. The molecule has 8 heteroatoms. The summed E-state index contributed by atoms with van der Waals surface area (Å²) in [5, 5.41) is 8.64. The molecule has 0 fully saturated rings. The van der Waals surface area contributed by atoms with Crippen molar-refractivity contribution in [3.63, 3.8) is 0 Å². The van der Waals surface area contributed by atoms with Gasteiger partial charge in [-0.2, -0.15) is 4.98 Å². The summed E-state index contributed by atoms with van der Waals surface area (Å²) in [6.07, 6.45) is 0. The van der Waals surface area contributed by atoms with Gasteiger partial charge in [0.25, 0.3) is 0 Å². The topological polar surface area (TPSA) is 59.4 Å². The fourth-order valence-electron chi connectivity index (χ4n) is 0.660. The molecule has 0 aromatic carbocycles. The van der Waals surface area contributed by atoms with Crippen LogP contribution in [0.15, 0.2) is 6.07 Å². The quantitative estimate of drug-likeness (QED) is 0.678. The van der Waals surface area contributed by atoms with Gasteiger partial charge < -0.3 is 9.84 Å². The van der Waals surface area contributed by atoms with Crippen molar-refractivity contribution in [2.75, 3.05) is 6.61 Å². The Morgan fingerprint density at radius 3 is 2.53 bits per heavy atom. The van der Waals surface area contributed by atoms with Gasteiger partial charge >= 0.3 is 35.5 Å². The van der Waals surface area contributed by atoms with Gasteiger partial charge in [-0.1, -0.05) is 34.8 Å². The Morgan fingerprint density at radius 1 is 1.40 bits per heavy atom. The first kappa shape index (κ1) is 15.3. The van der Waals surface area contributed by atoms with E-state index in [1.54, 1.807) is 0 Å². The maximum absolute atomic E-state index is 10.2. The number of pyridine rings is 1. The van der Waals surface area contributed by atoms with Crippen molar-refractivity contribution >= 4 is 70.3 Å². The predicted molar refractivity (Wildman–Crippen MR) is 59.5 cm³/mol. The van der Waals surface area contributed by atoms with E-state index >= 15 is 0 Å². The van der Waals surface area contributed by atoms with Gasteiger partial charge in [-0.15, -0.1) is 0 Å². The number of hydrogen-bond acceptors (Lipinski definition) is 3. The molecule has 0 atom stereocenters. The monoisotopic (exact) mass is 279 g/mol. The third kappa shape index (κ3) is 4.76. The van der Waals surface area contributed by atoms with Crippen LogP contribution in [0, 0.1) is 0 Å². The Bertz CT molecular complexity index is 375. The van der Waals surface area contributed by atoms with Crippen LogP contribution in [0.25, 0.3) is 0 Å². The molecule has 1 heterocycles. The van der Waals surface area contributed by atoms with Crippen LogP contribution in [0.5, 0.6) is 5.88 Å². The Labute approximate surface area is 123 Å². The second-order valence-electron chi connectivity index (χ2n) is 2.23. The summed E-state index contributed by atoms with van der Waals surface area (Å²) in [6.45, 7) is -0.537. The zero-order chi connectivity index (χ0) is 10.7. The van der Waals surface area contributed by atoms with Crippen LogP contribution in [-0.2, 0) is 4.79 Å². The van der Waals surface area contributed by atoms with E-state index in [1.807, 2.05) is 0 Å². The molecule has 1 rings (SSSR count). The minimum atomic E-state index is -1.13. The van der Waals surface area contributed by atoms with Gasteiger partial charge in [-0.3, -0.25) is 0 Å². The summed E-state index contributed by atoms with van der Waals surface area (Å²) in [7, 11) is 0. The summed E-state index contributed by atoms with van der Waals surface area (Å²) in [4.78, 5) is 13.8. The number of carboxylic acids is 1. The average Bonchev–Trinajstić information content (AvgIpc) is 2.09. The molecular weight excluding hydrogens is 275 g/mol. The number of carbonyl (C=O) groups is 1.